The zero-order valence-electron chi connectivity index (χ0n) is 13.4. The number of aliphatic carboxylic acids is 1. The van der Waals surface area contributed by atoms with Gasteiger partial charge in [-0.05, 0) is 37.1 Å². The van der Waals surface area contributed by atoms with Crippen molar-refractivity contribution in [3.8, 4) is 11.3 Å². The molecule has 1 aromatic carbocycles. The van der Waals surface area contributed by atoms with Crippen LogP contribution < -0.4 is 5.11 Å². The Hall–Kier alpha value is -2.45. The molecule has 0 spiro atoms. The first-order chi connectivity index (χ1) is 12.5. The third kappa shape index (κ3) is 4.03. The maximum absolute atomic E-state index is 13.8. The molecule has 0 saturated carbocycles. The van der Waals surface area contributed by atoms with E-state index in [1.807, 2.05) is 0 Å². The first-order valence-electron chi connectivity index (χ1n) is 7.75. The molecule has 0 atom stereocenters. The zero-order valence-corrected chi connectivity index (χ0v) is 15.1. The van der Waals surface area contributed by atoms with Gasteiger partial charge in [0.25, 0.3) is 5.91 Å². The first-order valence-corrected chi connectivity index (χ1v) is 8.98. The molecule has 0 unspecified atom stereocenters. The Bertz CT molecular complexity index is 906. The van der Waals surface area contributed by atoms with Crippen LogP contribution in [0, 0.1) is 5.82 Å². The molecule has 134 valence electrons. The molecule has 2 aromatic rings. The topological polar surface area (TPSA) is 73.6 Å². The number of carboxylic acids is 1. The van der Waals surface area contributed by atoms with Crippen molar-refractivity contribution < 1.29 is 23.5 Å². The van der Waals surface area contributed by atoms with Crippen LogP contribution in [0.2, 0.25) is 0 Å². The molecule has 1 aliphatic heterocycles. The predicted molar refractivity (Wildman–Crippen MR) is 98.2 cm³/mol. The molecule has 3 rings (SSSR count). The van der Waals surface area contributed by atoms with E-state index in [1.54, 1.807) is 36.4 Å². The Balaban J connectivity index is 1.75. The minimum absolute atomic E-state index is 0.139. The van der Waals surface area contributed by atoms with Gasteiger partial charge < -0.3 is 14.3 Å². The van der Waals surface area contributed by atoms with Crippen molar-refractivity contribution in [2.24, 2.45) is 0 Å². The van der Waals surface area contributed by atoms with E-state index in [-0.39, 0.29) is 25.3 Å². The summed E-state index contributed by atoms with van der Waals surface area (Å²) in [5.41, 5.74) is 0.335. The smallest absolute Gasteiger partial charge is 0.266 e. The summed E-state index contributed by atoms with van der Waals surface area (Å²) in [7, 11) is 0. The number of carbonyl (C=O) groups is 2. The molecule has 8 heteroatoms. The van der Waals surface area contributed by atoms with Crippen LogP contribution in [0.5, 0.6) is 0 Å². The van der Waals surface area contributed by atoms with E-state index in [9.17, 15) is 19.1 Å². The molecule has 1 aliphatic rings. The van der Waals surface area contributed by atoms with E-state index < -0.39 is 11.8 Å². The summed E-state index contributed by atoms with van der Waals surface area (Å²) < 4.78 is 19.8. The Kier molecular flexibility index (Phi) is 5.53. The number of furan rings is 1. The van der Waals surface area contributed by atoms with Gasteiger partial charge in [-0.25, -0.2) is 4.39 Å². The number of benzene rings is 1. The van der Waals surface area contributed by atoms with Gasteiger partial charge in [0.15, 0.2) is 0 Å². The summed E-state index contributed by atoms with van der Waals surface area (Å²) in [4.78, 5) is 24.6. The lowest BCUT2D eigenvalue weighted by atomic mass is 10.1. The van der Waals surface area contributed by atoms with Gasteiger partial charge in [-0.3, -0.25) is 9.69 Å². The van der Waals surface area contributed by atoms with E-state index in [0.29, 0.717) is 26.3 Å². The number of amides is 1. The minimum Gasteiger partial charge on any atom is -0.550 e. The highest BCUT2D eigenvalue weighted by Gasteiger charge is 2.31. The Morgan fingerprint density at radius 2 is 2.08 bits per heavy atom. The van der Waals surface area contributed by atoms with E-state index in [4.69, 9.17) is 16.6 Å². The van der Waals surface area contributed by atoms with Crippen molar-refractivity contribution in [3.05, 3.63) is 52.9 Å². The van der Waals surface area contributed by atoms with E-state index in [1.165, 1.54) is 11.0 Å². The third-order valence-electron chi connectivity index (χ3n) is 3.68. The average molecular weight is 390 g/mol. The van der Waals surface area contributed by atoms with Gasteiger partial charge in [-0.15, -0.1) is 0 Å². The quantitative estimate of drug-likeness (QED) is 0.558. The molecule has 1 fully saturated rings. The fourth-order valence-corrected chi connectivity index (χ4v) is 3.73. The van der Waals surface area contributed by atoms with Crippen molar-refractivity contribution in [1.29, 1.82) is 0 Å². The van der Waals surface area contributed by atoms with Gasteiger partial charge in [0.2, 0.25) is 0 Å². The summed E-state index contributed by atoms with van der Waals surface area (Å²) in [5.74, 6) is -1.10. The Morgan fingerprint density at radius 1 is 1.31 bits per heavy atom. The monoisotopic (exact) mass is 390 g/mol. The maximum atomic E-state index is 13.8. The highest BCUT2D eigenvalue weighted by Crippen LogP contribution is 2.34. The number of thioether (sulfide) groups is 1. The van der Waals surface area contributed by atoms with Crippen LogP contribution in [-0.2, 0) is 9.59 Å². The fourth-order valence-electron chi connectivity index (χ4n) is 2.44. The summed E-state index contributed by atoms with van der Waals surface area (Å²) in [6, 6.07) is 9.52. The Morgan fingerprint density at radius 3 is 2.81 bits per heavy atom. The summed E-state index contributed by atoms with van der Waals surface area (Å²) in [6.07, 6.45) is 1.67. The van der Waals surface area contributed by atoms with E-state index in [0.717, 1.165) is 11.8 Å². The Labute approximate surface area is 158 Å². The number of carbonyl (C=O) groups excluding carboxylic acids is 2. The van der Waals surface area contributed by atoms with Gasteiger partial charge in [0.1, 0.15) is 21.7 Å². The maximum Gasteiger partial charge on any atom is 0.266 e. The van der Waals surface area contributed by atoms with Gasteiger partial charge in [-0.1, -0.05) is 36.1 Å². The second kappa shape index (κ2) is 7.84. The molecule has 26 heavy (non-hydrogen) atoms. The van der Waals surface area contributed by atoms with Gasteiger partial charge in [0, 0.05) is 18.6 Å². The molecule has 1 amide bonds. The van der Waals surface area contributed by atoms with Crippen LogP contribution in [0.3, 0.4) is 0 Å². The van der Waals surface area contributed by atoms with Crippen LogP contribution >= 0.6 is 24.0 Å². The lowest BCUT2D eigenvalue weighted by Gasteiger charge is -2.14. The molecule has 2 heterocycles. The van der Waals surface area contributed by atoms with Crippen LogP contribution in [0.1, 0.15) is 18.6 Å². The number of halogens is 1. The molecule has 0 N–H and O–H groups in total. The number of nitrogens with zero attached hydrogens (tertiary/aromatic N) is 1. The zero-order chi connectivity index (χ0) is 18.7. The first kappa shape index (κ1) is 18.3. The summed E-state index contributed by atoms with van der Waals surface area (Å²) in [6.45, 7) is 0.217. The minimum atomic E-state index is -1.16. The van der Waals surface area contributed by atoms with E-state index >= 15 is 0 Å². The normalized spacial score (nSPS) is 15.9. The molecule has 0 aliphatic carbocycles. The molecule has 0 bridgehead atoms. The number of rotatable bonds is 6. The molecular weight excluding hydrogens is 377 g/mol. The second-order valence-electron chi connectivity index (χ2n) is 5.49. The molecule has 0 radical (unpaired) electrons. The second-order valence-corrected chi connectivity index (χ2v) is 7.17. The molecule has 1 saturated heterocycles. The standard InChI is InChI=1S/C18H14FNO4S2/c19-13-5-2-1-4-12(13)14-8-7-11(24-14)10-15-17(23)20(18(25)26-15)9-3-6-16(21)22/h1-2,4-5,7-8,10H,3,6,9H2,(H,21,22)/p-1/b15-10+. The van der Waals surface area contributed by atoms with Crippen molar-refractivity contribution in [1.82, 2.24) is 4.90 Å². The average Bonchev–Trinajstić information content (AvgIpc) is 3.15. The van der Waals surface area contributed by atoms with Crippen LogP contribution in [0.4, 0.5) is 4.39 Å². The van der Waals surface area contributed by atoms with Gasteiger partial charge >= 0.3 is 0 Å². The summed E-state index contributed by atoms with van der Waals surface area (Å²) >= 11 is 6.29. The summed E-state index contributed by atoms with van der Waals surface area (Å²) in [5, 5.41) is 10.5. The van der Waals surface area contributed by atoms with Crippen molar-refractivity contribution in [2.45, 2.75) is 12.8 Å². The molecule has 1 aromatic heterocycles. The van der Waals surface area contributed by atoms with Crippen LogP contribution in [0.15, 0.2) is 45.7 Å². The number of thiocarbonyl (C=S) groups is 1. The van der Waals surface area contributed by atoms with Gasteiger partial charge in [0.05, 0.1) is 10.5 Å². The number of hydrogen-bond acceptors (Lipinski definition) is 6. The number of carboxylic acid groups (broad SMARTS) is 1. The largest absolute Gasteiger partial charge is 0.550 e. The number of hydrogen-bond donors (Lipinski definition) is 0. The van der Waals surface area contributed by atoms with E-state index in [2.05, 4.69) is 0 Å². The molecule has 5 nitrogen and oxygen atoms in total. The van der Waals surface area contributed by atoms with Crippen molar-refractivity contribution in [2.75, 3.05) is 6.54 Å². The lowest BCUT2D eigenvalue weighted by molar-refractivity contribution is -0.305. The SMILES string of the molecule is O=C([O-])CCCN1C(=O)/C(=C\c2ccc(-c3ccccc3F)o2)SC1=S. The van der Waals surface area contributed by atoms with Gasteiger partial charge in [-0.2, -0.15) is 0 Å². The fraction of sp³-hybridized carbons (Fsp3) is 0.167. The third-order valence-corrected chi connectivity index (χ3v) is 5.05. The molecular formula is C18H13FNO4S2-. The van der Waals surface area contributed by atoms with Crippen molar-refractivity contribution in [3.63, 3.8) is 0 Å². The van der Waals surface area contributed by atoms with Crippen LogP contribution in [-0.4, -0.2) is 27.6 Å². The predicted octanol–water partition coefficient (Wildman–Crippen LogP) is 2.82. The van der Waals surface area contributed by atoms with Crippen LogP contribution in [0.25, 0.3) is 17.4 Å². The van der Waals surface area contributed by atoms with Crippen molar-refractivity contribution >= 4 is 46.3 Å². The lowest BCUT2D eigenvalue weighted by Crippen LogP contribution is -2.30. The highest BCUT2D eigenvalue weighted by atomic mass is 32.2. The highest BCUT2D eigenvalue weighted by molar-refractivity contribution is 8.26.